The van der Waals surface area contributed by atoms with E-state index in [2.05, 4.69) is 65.2 Å². The summed E-state index contributed by atoms with van der Waals surface area (Å²) in [6.45, 7) is 15.9. The number of benzene rings is 2. The molecule has 178 valence electrons. The molecule has 2 aromatic rings. The summed E-state index contributed by atoms with van der Waals surface area (Å²) in [5, 5.41) is 0. The lowest BCUT2D eigenvalue weighted by Gasteiger charge is -2.54. The van der Waals surface area contributed by atoms with Crippen LogP contribution >= 0.6 is 0 Å². The number of hydrogen-bond acceptors (Lipinski definition) is 2. The lowest BCUT2D eigenvalue weighted by atomic mass is 9.88. The van der Waals surface area contributed by atoms with Crippen LogP contribution < -0.4 is 0 Å². The van der Waals surface area contributed by atoms with Gasteiger partial charge in [-0.15, -0.1) is 0 Å². The number of hydrogen-bond donors (Lipinski definition) is 0. The van der Waals surface area contributed by atoms with E-state index >= 15 is 0 Å². The van der Waals surface area contributed by atoms with Crippen molar-refractivity contribution < 1.29 is 9.59 Å². The Hall–Kier alpha value is -2.40. The van der Waals surface area contributed by atoms with Crippen molar-refractivity contribution in [3.8, 4) is 0 Å². The molecule has 1 atom stereocenters. The van der Waals surface area contributed by atoms with Crippen LogP contribution in [0.5, 0.6) is 0 Å². The highest BCUT2D eigenvalue weighted by atomic mass is 28.3. The first-order chi connectivity index (χ1) is 15.6. The Morgan fingerprint density at radius 1 is 0.758 bits per heavy atom. The molecule has 3 amide bonds. The molecular formula is C28H40N2O2Si. The van der Waals surface area contributed by atoms with Crippen LogP contribution in [0.1, 0.15) is 66.0 Å². The number of urea groups is 1. The first-order valence-corrected chi connectivity index (χ1v) is 14.5. The number of rotatable bonds is 9. The number of imide groups is 1. The Morgan fingerprint density at radius 3 is 1.64 bits per heavy atom. The van der Waals surface area contributed by atoms with Gasteiger partial charge in [0.15, 0.2) is 8.24 Å². The lowest BCUT2D eigenvalue weighted by molar-refractivity contribution is -0.133. The fraction of sp³-hybridized carbons (Fsp3) is 0.500. The molecule has 3 rings (SSSR count). The Labute approximate surface area is 201 Å². The zero-order valence-corrected chi connectivity index (χ0v) is 22.3. The molecular weight excluding hydrogens is 424 g/mol. The maximum atomic E-state index is 14.3. The van der Waals surface area contributed by atoms with E-state index in [-0.39, 0.29) is 11.9 Å². The Balaban J connectivity index is 2.23. The smallest absolute Gasteiger partial charge is 0.319 e. The predicted molar refractivity (Wildman–Crippen MR) is 138 cm³/mol. The molecule has 0 N–H and O–H groups in total. The summed E-state index contributed by atoms with van der Waals surface area (Å²) in [5.74, 6) is -0.0402. The maximum Gasteiger partial charge on any atom is 0.319 e. The second-order valence-electron chi connectivity index (χ2n) is 10.4. The van der Waals surface area contributed by atoms with Crippen molar-refractivity contribution >= 4 is 20.2 Å². The van der Waals surface area contributed by atoms with E-state index < -0.39 is 13.8 Å². The molecule has 1 heterocycles. The molecule has 0 bridgehead atoms. The van der Waals surface area contributed by atoms with Gasteiger partial charge in [0.1, 0.15) is 5.54 Å². The fourth-order valence-corrected chi connectivity index (χ4v) is 13.6. The van der Waals surface area contributed by atoms with Gasteiger partial charge in [0.05, 0.1) is 6.54 Å². The van der Waals surface area contributed by atoms with Crippen molar-refractivity contribution in [3.63, 3.8) is 0 Å². The average molecular weight is 465 g/mol. The molecule has 5 heteroatoms. The minimum atomic E-state index is -2.45. The molecule has 0 saturated carbocycles. The van der Waals surface area contributed by atoms with E-state index in [0.717, 1.165) is 11.1 Å². The largest absolute Gasteiger partial charge is 0.336 e. The number of carbonyl (C=O) groups excluding carboxylic acids is 2. The van der Waals surface area contributed by atoms with Crippen molar-refractivity contribution in [3.05, 3.63) is 71.8 Å². The number of nitrogens with zero attached hydrogens (tertiary/aromatic N) is 2. The highest BCUT2D eigenvalue weighted by molar-refractivity contribution is 6.83. The highest BCUT2D eigenvalue weighted by Crippen LogP contribution is 2.51. The molecule has 2 aromatic carbocycles. The quantitative estimate of drug-likeness (QED) is 0.295. The second kappa shape index (κ2) is 9.84. The third kappa shape index (κ3) is 4.16. The molecule has 1 aliphatic rings. The van der Waals surface area contributed by atoms with Gasteiger partial charge in [-0.25, -0.2) is 4.79 Å². The minimum Gasteiger partial charge on any atom is -0.336 e. The zero-order valence-electron chi connectivity index (χ0n) is 21.3. The molecule has 4 nitrogen and oxygen atoms in total. The summed E-state index contributed by atoms with van der Waals surface area (Å²) >= 11 is 0. The Morgan fingerprint density at radius 2 is 1.21 bits per heavy atom. The van der Waals surface area contributed by atoms with Gasteiger partial charge in [-0.1, -0.05) is 109 Å². The Bertz CT molecular complexity index is 937. The van der Waals surface area contributed by atoms with Crippen LogP contribution in [0.4, 0.5) is 4.79 Å². The molecule has 33 heavy (non-hydrogen) atoms. The van der Waals surface area contributed by atoms with Gasteiger partial charge >= 0.3 is 6.03 Å². The van der Waals surface area contributed by atoms with Gasteiger partial charge in [0.2, 0.25) is 0 Å². The van der Waals surface area contributed by atoms with Gasteiger partial charge in [-0.2, -0.15) is 0 Å². The van der Waals surface area contributed by atoms with Crippen LogP contribution in [-0.2, 0) is 17.8 Å². The van der Waals surface area contributed by atoms with E-state index in [1.54, 1.807) is 0 Å². The normalized spacial score (nSPS) is 19.5. The van der Waals surface area contributed by atoms with Crippen LogP contribution in [0.25, 0.3) is 0 Å². The molecule has 1 aliphatic heterocycles. The zero-order chi connectivity index (χ0) is 24.4. The van der Waals surface area contributed by atoms with E-state index in [4.69, 9.17) is 0 Å². The molecule has 0 radical (unpaired) electrons. The third-order valence-electron chi connectivity index (χ3n) is 7.76. The monoisotopic (exact) mass is 464 g/mol. The SMILES string of the molecule is CCC1(Cc2ccccc2)C(=O)N(Cc2ccccc2)C(=O)N1[Si](C(C)C)(C(C)C)C(C)C. The van der Waals surface area contributed by atoms with Crippen molar-refractivity contribution in [2.24, 2.45) is 0 Å². The number of amides is 3. The third-order valence-corrected chi connectivity index (χ3v) is 14.7. The van der Waals surface area contributed by atoms with Gasteiger partial charge in [-0.05, 0) is 34.2 Å². The lowest BCUT2D eigenvalue weighted by Crippen LogP contribution is -2.68. The molecule has 1 saturated heterocycles. The molecule has 0 aliphatic carbocycles. The van der Waals surface area contributed by atoms with Crippen molar-refractivity contribution in [2.45, 2.75) is 90.0 Å². The molecule has 1 fully saturated rings. The van der Waals surface area contributed by atoms with Crippen LogP contribution in [0.2, 0.25) is 16.6 Å². The first kappa shape index (κ1) is 25.2. The maximum absolute atomic E-state index is 14.3. The van der Waals surface area contributed by atoms with E-state index in [9.17, 15) is 9.59 Å². The van der Waals surface area contributed by atoms with Gasteiger partial charge in [0.25, 0.3) is 5.91 Å². The van der Waals surface area contributed by atoms with Crippen LogP contribution in [0, 0.1) is 0 Å². The Kier molecular flexibility index (Phi) is 7.52. The molecule has 1 unspecified atom stereocenters. The minimum absolute atomic E-state index is 0.0402. The fourth-order valence-electron chi connectivity index (χ4n) is 6.48. The van der Waals surface area contributed by atoms with Crippen molar-refractivity contribution in [2.75, 3.05) is 0 Å². The van der Waals surface area contributed by atoms with Crippen LogP contribution in [0.15, 0.2) is 60.7 Å². The van der Waals surface area contributed by atoms with Gasteiger partial charge < -0.3 is 4.57 Å². The van der Waals surface area contributed by atoms with Crippen LogP contribution in [0.3, 0.4) is 0 Å². The van der Waals surface area contributed by atoms with Gasteiger partial charge in [-0.3, -0.25) is 9.69 Å². The van der Waals surface area contributed by atoms with E-state index in [0.29, 0.717) is 36.0 Å². The summed E-state index contributed by atoms with van der Waals surface area (Å²) < 4.78 is 2.16. The molecule has 0 aromatic heterocycles. The van der Waals surface area contributed by atoms with Gasteiger partial charge in [0, 0.05) is 6.42 Å². The van der Waals surface area contributed by atoms with Crippen molar-refractivity contribution in [1.82, 2.24) is 9.47 Å². The molecule has 0 spiro atoms. The van der Waals surface area contributed by atoms with E-state index in [1.807, 2.05) is 48.5 Å². The van der Waals surface area contributed by atoms with Crippen LogP contribution in [-0.4, -0.2) is 35.2 Å². The second-order valence-corrected chi connectivity index (χ2v) is 16.1. The summed E-state index contributed by atoms with van der Waals surface area (Å²) in [6, 6.07) is 20.0. The first-order valence-electron chi connectivity index (χ1n) is 12.4. The predicted octanol–water partition coefficient (Wildman–Crippen LogP) is 7.02. The summed E-state index contributed by atoms with van der Waals surface area (Å²) in [4.78, 5) is 30.1. The summed E-state index contributed by atoms with van der Waals surface area (Å²) in [6.07, 6.45) is 1.17. The van der Waals surface area contributed by atoms with Crippen molar-refractivity contribution in [1.29, 1.82) is 0 Å². The summed E-state index contributed by atoms with van der Waals surface area (Å²) in [7, 11) is -2.45. The van der Waals surface area contributed by atoms with E-state index in [1.165, 1.54) is 4.90 Å². The average Bonchev–Trinajstić information content (AvgIpc) is 2.97. The standard InChI is InChI=1S/C28H40N2O2Si/c1-8-28(19-24-15-11-9-12-16-24)26(31)29(20-25-17-13-10-14-18-25)27(32)30(28)33(21(2)3,22(4)5)23(6)7/h9-18,21-23H,8,19-20H2,1-7H3. The number of carbonyl (C=O) groups is 2. The summed E-state index contributed by atoms with van der Waals surface area (Å²) in [5.41, 5.74) is 2.22. The highest BCUT2D eigenvalue weighted by Gasteiger charge is 2.65. The topological polar surface area (TPSA) is 40.6 Å².